The van der Waals surface area contributed by atoms with E-state index in [0.29, 0.717) is 11.3 Å². The van der Waals surface area contributed by atoms with Gasteiger partial charge in [-0.2, -0.15) is 5.26 Å². The standard InChI is InChI=1S/C16H15NO3S/c1-12-3-9-15(10-4-12)21(18,19)16(11-17)13-5-7-14(20-2)8-6-13/h3-10,16H,1-2H3/t16-/m1/s1. The summed E-state index contributed by atoms with van der Waals surface area (Å²) >= 11 is 0. The number of hydrogen-bond acceptors (Lipinski definition) is 4. The van der Waals surface area contributed by atoms with Crippen molar-refractivity contribution in [1.29, 1.82) is 5.26 Å². The largest absolute Gasteiger partial charge is 0.497 e. The Labute approximate surface area is 124 Å². The summed E-state index contributed by atoms with van der Waals surface area (Å²) in [6.45, 7) is 1.88. The van der Waals surface area contributed by atoms with Crippen molar-refractivity contribution in [2.75, 3.05) is 7.11 Å². The van der Waals surface area contributed by atoms with Crippen LogP contribution < -0.4 is 4.74 Å². The third-order valence-electron chi connectivity index (χ3n) is 3.20. The van der Waals surface area contributed by atoms with E-state index in [1.807, 2.05) is 13.0 Å². The minimum absolute atomic E-state index is 0.149. The van der Waals surface area contributed by atoms with Crippen LogP contribution in [0.4, 0.5) is 0 Å². The Morgan fingerprint density at radius 2 is 1.62 bits per heavy atom. The van der Waals surface area contributed by atoms with Crippen LogP contribution >= 0.6 is 0 Å². The Balaban J connectivity index is 2.44. The number of methoxy groups -OCH3 is 1. The Morgan fingerprint density at radius 3 is 2.10 bits per heavy atom. The number of nitrogens with zero attached hydrogens (tertiary/aromatic N) is 1. The lowest BCUT2D eigenvalue weighted by molar-refractivity contribution is 0.414. The maximum absolute atomic E-state index is 12.6. The second-order valence-corrected chi connectivity index (χ2v) is 6.67. The normalized spacial score (nSPS) is 12.4. The van der Waals surface area contributed by atoms with Gasteiger partial charge in [-0.25, -0.2) is 8.42 Å². The van der Waals surface area contributed by atoms with Gasteiger partial charge in [0.05, 0.1) is 18.1 Å². The Morgan fingerprint density at radius 1 is 1.05 bits per heavy atom. The maximum atomic E-state index is 12.6. The Hall–Kier alpha value is -2.32. The van der Waals surface area contributed by atoms with E-state index in [9.17, 15) is 13.7 Å². The van der Waals surface area contributed by atoms with Crippen LogP contribution in [0.3, 0.4) is 0 Å². The molecule has 0 spiro atoms. The topological polar surface area (TPSA) is 67.2 Å². The van der Waals surface area contributed by atoms with E-state index in [0.717, 1.165) is 5.56 Å². The lowest BCUT2D eigenvalue weighted by Crippen LogP contribution is -2.12. The Bertz CT molecular complexity index is 757. The summed E-state index contributed by atoms with van der Waals surface area (Å²) in [4.78, 5) is 0.149. The molecule has 0 N–H and O–H groups in total. The highest BCUT2D eigenvalue weighted by Crippen LogP contribution is 2.29. The fourth-order valence-corrected chi connectivity index (χ4v) is 3.41. The second-order valence-electron chi connectivity index (χ2n) is 4.64. The smallest absolute Gasteiger partial charge is 0.198 e. The van der Waals surface area contributed by atoms with Crippen LogP contribution in [0.25, 0.3) is 0 Å². The average molecular weight is 301 g/mol. The molecule has 0 aliphatic heterocycles. The van der Waals surface area contributed by atoms with Gasteiger partial charge < -0.3 is 4.74 Å². The summed E-state index contributed by atoms with van der Waals surface area (Å²) in [6, 6.07) is 14.8. The summed E-state index contributed by atoms with van der Waals surface area (Å²) in [5, 5.41) is 8.07. The maximum Gasteiger partial charge on any atom is 0.198 e. The van der Waals surface area contributed by atoms with Gasteiger partial charge in [-0.05, 0) is 36.8 Å². The van der Waals surface area contributed by atoms with Gasteiger partial charge >= 0.3 is 0 Å². The summed E-state index contributed by atoms with van der Waals surface area (Å²) in [6.07, 6.45) is 0. The zero-order valence-corrected chi connectivity index (χ0v) is 12.6. The third-order valence-corrected chi connectivity index (χ3v) is 5.12. The molecule has 0 heterocycles. The van der Waals surface area contributed by atoms with E-state index in [2.05, 4.69) is 0 Å². The van der Waals surface area contributed by atoms with E-state index in [4.69, 9.17) is 4.74 Å². The quantitative estimate of drug-likeness (QED) is 0.870. The molecule has 108 valence electrons. The molecule has 0 aliphatic carbocycles. The number of aryl methyl sites for hydroxylation is 1. The highest BCUT2D eigenvalue weighted by atomic mass is 32.2. The first-order valence-corrected chi connectivity index (χ1v) is 7.88. The number of hydrogen-bond donors (Lipinski definition) is 0. The van der Waals surface area contributed by atoms with Crippen LogP contribution in [0.5, 0.6) is 5.75 Å². The van der Waals surface area contributed by atoms with Gasteiger partial charge in [0.1, 0.15) is 5.75 Å². The molecule has 2 aromatic rings. The predicted molar refractivity (Wildman–Crippen MR) is 79.7 cm³/mol. The van der Waals surface area contributed by atoms with Crippen molar-refractivity contribution in [3.05, 3.63) is 59.7 Å². The molecule has 0 unspecified atom stereocenters. The van der Waals surface area contributed by atoms with E-state index in [-0.39, 0.29) is 4.90 Å². The molecular formula is C16H15NO3S. The van der Waals surface area contributed by atoms with Gasteiger partial charge in [0.25, 0.3) is 0 Å². The van der Waals surface area contributed by atoms with Gasteiger partial charge in [-0.15, -0.1) is 0 Å². The molecule has 21 heavy (non-hydrogen) atoms. The van der Waals surface area contributed by atoms with Crippen LogP contribution in [0.2, 0.25) is 0 Å². The molecule has 0 bridgehead atoms. The first-order chi connectivity index (χ1) is 9.98. The fourth-order valence-electron chi connectivity index (χ4n) is 1.97. The van der Waals surface area contributed by atoms with Crippen LogP contribution in [-0.2, 0) is 9.84 Å². The molecule has 0 saturated carbocycles. The van der Waals surface area contributed by atoms with Gasteiger partial charge in [-0.1, -0.05) is 29.8 Å². The molecule has 1 atom stereocenters. The summed E-state index contributed by atoms with van der Waals surface area (Å²) in [5.74, 6) is 0.614. The lowest BCUT2D eigenvalue weighted by Gasteiger charge is -2.12. The monoisotopic (exact) mass is 301 g/mol. The molecule has 0 radical (unpaired) electrons. The van der Waals surface area contributed by atoms with Gasteiger partial charge in [0.15, 0.2) is 15.1 Å². The number of rotatable bonds is 4. The molecule has 2 aromatic carbocycles. The molecule has 0 aliphatic rings. The first-order valence-electron chi connectivity index (χ1n) is 6.33. The summed E-state index contributed by atoms with van der Waals surface area (Å²) < 4.78 is 30.2. The molecule has 5 heteroatoms. The number of nitriles is 1. The number of sulfone groups is 1. The fraction of sp³-hybridized carbons (Fsp3) is 0.188. The number of benzene rings is 2. The lowest BCUT2D eigenvalue weighted by atomic mass is 10.1. The van der Waals surface area contributed by atoms with Crippen molar-refractivity contribution >= 4 is 9.84 Å². The Kier molecular flexibility index (Phi) is 4.29. The van der Waals surface area contributed by atoms with Crippen molar-refractivity contribution in [1.82, 2.24) is 0 Å². The SMILES string of the molecule is COc1ccc([C@@H](C#N)S(=O)(=O)c2ccc(C)cc2)cc1. The van der Waals surface area contributed by atoms with Gasteiger partial charge in [0, 0.05) is 0 Å². The summed E-state index contributed by atoms with van der Waals surface area (Å²) in [5.41, 5.74) is 1.39. The van der Waals surface area contributed by atoms with Crippen molar-refractivity contribution in [2.24, 2.45) is 0 Å². The molecule has 0 aromatic heterocycles. The van der Waals surface area contributed by atoms with E-state index < -0.39 is 15.1 Å². The molecule has 4 nitrogen and oxygen atoms in total. The highest BCUT2D eigenvalue weighted by Gasteiger charge is 2.29. The van der Waals surface area contributed by atoms with Crippen molar-refractivity contribution in [3.63, 3.8) is 0 Å². The van der Waals surface area contributed by atoms with Crippen molar-refractivity contribution in [2.45, 2.75) is 17.1 Å². The molecular weight excluding hydrogens is 286 g/mol. The van der Waals surface area contributed by atoms with Gasteiger partial charge in [-0.3, -0.25) is 0 Å². The van der Waals surface area contributed by atoms with Crippen molar-refractivity contribution in [3.8, 4) is 11.8 Å². The first kappa shape index (κ1) is 15.1. The molecule has 0 saturated heterocycles. The third kappa shape index (κ3) is 3.06. The van der Waals surface area contributed by atoms with E-state index in [1.165, 1.54) is 19.2 Å². The van der Waals surface area contributed by atoms with Crippen molar-refractivity contribution < 1.29 is 13.2 Å². The average Bonchev–Trinajstić information content (AvgIpc) is 2.49. The van der Waals surface area contributed by atoms with Crippen LogP contribution in [0.15, 0.2) is 53.4 Å². The predicted octanol–water partition coefficient (Wildman–Crippen LogP) is 3.04. The van der Waals surface area contributed by atoms with Gasteiger partial charge in [0.2, 0.25) is 0 Å². The minimum atomic E-state index is -3.74. The molecule has 0 amide bonds. The molecule has 0 fully saturated rings. The van der Waals surface area contributed by atoms with Crippen LogP contribution in [0.1, 0.15) is 16.4 Å². The zero-order valence-electron chi connectivity index (χ0n) is 11.8. The van der Waals surface area contributed by atoms with Crippen LogP contribution in [-0.4, -0.2) is 15.5 Å². The summed E-state index contributed by atoms with van der Waals surface area (Å²) in [7, 11) is -2.21. The zero-order chi connectivity index (χ0) is 15.5. The highest BCUT2D eigenvalue weighted by molar-refractivity contribution is 7.92. The van der Waals surface area contributed by atoms with E-state index in [1.54, 1.807) is 36.4 Å². The van der Waals surface area contributed by atoms with Crippen LogP contribution in [0, 0.1) is 18.3 Å². The number of ether oxygens (including phenoxy) is 1. The second kappa shape index (κ2) is 5.98. The molecule has 2 rings (SSSR count). The minimum Gasteiger partial charge on any atom is -0.497 e. The van der Waals surface area contributed by atoms with E-state index >= 15 is 0 Å².